The van der Waals surface area contributed by atoms with E-state index in [-0.39, 0.29) is 24.0 Å². The van der Waals surface area contributed by atoms with Gasteiger partial charge in [0.15, 0.2) is 5.96 Å². The number of hydrogen-bond donors (Lipinski definition) is 2. The molecule has 6 nitrogen and oxygen atoms in total. The van der Waals surface area contributed by atoms with Gasteiger partial charge in [-0.3, -0.25) is 4.99 Å². The third-order valence-corrected chi connectivity index (χ3v) is 4.78. The first-order valence-electron chi connectivity index (χ1n) is 8.72. The van der Waals surface area contributed by atoms with Crippen LogP contribution in [0.5, 0.6) is 0 Å². The molecule has 0 atom stereocenters. The van der Waals surface area contributed by atoms with Crippen molar-refractivity contribution in [3.05, 3.63) is 39.7 Å². The number of nitrogens with one attached hydrogen (secondary N) is 2. The summed E-state index contributed by atoms with van der Waals surface area (Å²) in [5, 5.41) is 7.81. The van der Waals surface area contributed by atoms with Crippen molar-refractivity contribution < 1.29 is 9.15 Å². The molecule has 2 heterocycles. The summed E-state index contributed by atoms with van der Waals surface area (Å²) < 4.78 is 10.8. The summed E-state index contributed by atoms with van der Waals surface area (Å²) in [5.74, 6) is 1.67. The first-order chi connectivity index (χ1) is 12.2. The number of nitrogens with zero attached hydrogens (tertiary/aromatic N) is 2. The lowest BCUT2D eigenvalue weighted by molar-refractivity contribution is 0.105. The Kier molecular flexibility index (Phi) is 11.5. The van der Waals surface area contributed by atoms with Gasteiger partial charge in [0.2, 0.25) is 0 Å². The minimum atomic E-state index is 0. The topological polar surface area (TPSA) is 71.7 Å². The Morgan fingerprint density at radius 3 is 2.81 bits per heavy atom. The number of thiazole rings is 1. The van der Waals surface area contributed by atoms with E-state index in [0.29, 0.717) is 13.2 Å². The number of hydrogen-bond acceptors (Lipinski definition) is 5. The highest BCUT2D eigenvalue weighted by atomic mass is 127. The van der Waals surface area contributed by atoms with Crippen LogP contribution in [0.25, 0.3) is 0 Å². The number of guanidine groups is 1. The average molecular weight is 492 g/mol. The second kappa shape index (κ2) is 13.1. The first-order valence-corrected chi connectivity index (χ1v) is 9.54. The van der Waals surface area contributed by atoms with Gasteiger partial charge in [-0.25, -0.2) is 4.98 Å². The number of furan rings is 1. The fourth-order valence-electron chi connectivity index (χ4n) is 2.38. The highest BCUT2D eigenvalue weighted by molar-refractivity contribution is 14.0. The van der Waals surface area contributed by atoms with Gasteiger partial charge in [-0.1, -0.05) is 6.92 Å². The summed E-state index contributed by atoms with van der Waals surface area (Å²) in [6, 6.07) is 3.78. The summed E-state index contributed by atoms with van der Waals surface area (Å²) in [6.45, 7) is 7.13. The van der Waals surface area contributed by atoms with Crippen LogP contribution >= 0.6 is 35.3 Å². The zero-order valence-corrected chi connectivity index (χ0v) is 18.9. The van der Waals surface area contributed by atoms with Crippen molar-refractivity contribution in [3.63, 3.8) is 0 Å². The lowest BCUT2D eigenvalue weighted by Crippen LogP contribution is -2.39. The third kappa shape index (κ3) is 8.05. The maximum Gasteiger partial charge on any atom is 0.190 e. The Balaban J connectivity index is 0.00000338. The van der Waals surface area contributed by atoms with Crippen molar-refractivity contribution in [2.24, 2.45) is 4.99 Å². The molecule has 0 saturated carbocycles. The SMILES string of the molecule is CCc1nc(CCNC(=NC)NCCCOCc2ccco2)sc1C.I. The number of ether oxygens (including phenoxy) is 1. The van der Waals surface area contributed by atoms with E-state index < -0.39 is 0 Å². The zero-order valence-electron chi connectivity index (χ0n) is 15.7. The lowest BCUT2D eigenvalue weighted by atomic mass is 10.3. The predicted molar refractivity (Wildman–Crippen MR) is 118 cm³/mol. The molecule has 0 amide bonds. The van der Waals surface area contributed by atoms with Gasteiger partial charge in [-0.2, -0.15) is 0 Å². The van der Waals surface area contributed by atoms with Gasteiger partial charge in [0.05, 0.1) is 17.0 Å². The van der Waals surface area contributed by atoms with Crippen LogP contribution in [0.1, 0.15) is 34.7 Å². The van der Waals surface area contributed by atoms with E-state index >= 15 is 0 Å². The minimum absolute atomic E-state index is 0. The van der Waals surface area contributed by atoms with Crippen molar-refractivity contribution in [2.45, 2.75) is 39.7 Å². The molecule has 0 aliphatic heterocycles. The molecule has 0 radical (unpaired) electrons. The van der Waals surface area contributed by atoms with Gasteiger partial charge in [-0.05, 0) is 31.9 Å². The van der Waals surface area contributed by atoms with E-state index in [9.17, 15) is 0 Å². The number of halogens is 1. The Bertz CT molecular complexity index is 644. The average Bonchev–Trinajstić information content (AvgIpc) is 3.25. The Hall–Kier alpha value is -1.13. The second-order valence-corrected chi connectivity index (χ2v) is 6.91. The van der Waals surface area contributed by atoms with Crippen molar-refractivity contribution in [2.75, 3.05) is 26.7 Å². The van der Waals surface area contributed by atoms with Gasteiger partial charge in [0.1, 0.15) is 12.4 Å². The Morgan fingerprint density at radius 2 is 2.15 bits per heavy atom. The molecule has 0 aliphatic rings. The summed E-state index contributed by atoms with van der Waals surface area (Å²) in [4.78, 5) is 10.2. The van der Waals surface area contributed by atoms with Crippen LogP contribution in [-0.2, 0) is 24.2 Å². The standard InChI is InChI=1S/C18H28N4O2S.HI/c1-4-16-14(2)25-17(22-16)8-10-21-18(19-3)20-9-6-11-23-13-15-7-5-12-24-15;/h5,7,12H,4,6,8-11,13H2,1-3H3,(H2,19,20,21);1H. The Morgan fingerprint density at radius 1 is 1.35 bits per heavy atom. The van der Waals surface area contributed by atoms with Crippen LogP contribution in [0.4, 0.5) is 0 Å². The van der Waals surface area contributed by atoms with E-state index in [1.54, 1.807) is 24.6 Å². The summed E-state index contributed by atoms with van der Waals surface area (Å²) >= 11 is 1.79. The summed E-state index contributed by atoms with van der Waals surface area (Å²) in [6.07, 6.45) is 4.48. The lowest BCUT2D eigenvalue weighted by Gasteiger charge is -2.11. The molecule has 26 heavy (non-hydrogen) atoms. The van der Waals surface area contributed by atoms with Gasteiger partial charge < -0.3 is 19.8 Å². The molecule has 0 fully saturated rings. The predicted octanol–water partition coefficient (Wildman–Crippen LogP) is 3.54. The van der Waals surface area contributed by atoms with E-state index in [2.05, 4.69) is 34.5 Å². The molecular weight excluding hydrogens is 463 g/mol. The molecule has 2 N–H and O–H groups in total. The Labute approximate surface area is 176 Å². The molecular formula is C18H29IN4O2S. The quantitative estimate of drug-likeness (QED) is 0.230. The summed E-state index contributed by atoms with van der Waals surface area (Å²) in [5.41, 5.74) is 1.22. The molecule has 2 rings (SSSR count). The smallest absolute Gasteiger partial charge is 0.190 e. The molecule has 0 bridgehead atoms. The van der Waals surface area contributed by atoms with E-state index in [0.717, 1.165) is 44.1 Å². The maximum atomic E-state index is 5.56. The number of aromatic nitrogens is 1. The first kappa shape index (κ1) is 22.9. The van der Waals surface area contributed by atoms with Gasteiger partial charge >= 0.3 is 0 Å². The summed E-state index contributed by atoms with van der Waals surface area (Å²) in [7, 11) is 1.78. The van der Waals surface area contributed by atoms with Crippen LogP contribution in [0.15, 0.2) is 27.8 Å². The fourth-order valence-corrected chi connectivity index (χ4v) is 3.40. The van der Waals surface area contributed by atoms with Gasteiger partial charge in [0.25, 0.3) is 0 Å². The second-order valence-electron chi connectivity index (χ2n) is 5.63. The molecule has 2 aromatic rings. The number of aliphatic imine (C=N–C) groups is 1. The van der Waals surface area contributed by atoms with E-state index in [1.165, 1.54) is 15.6 Å². The van der Waals surface area contributed by atoms with Crippen molar-refractivity contribution >= 4 is 41.3 Å². The normalized spacial score (nSPS) is 11.3. The molecule has 0 unspecified atom stereocenters. The van der Waals surface area contributed by atoms with Gasteiger partial charge in [-0.15, -0.1) is 35.3 Å². The van der Waals surface area contributed by atoms with E-state index in [1.807, 2.05) is 12.1 Å². The highest BCUT2D eigenvalue weighted by Crippen LogP contribution is 2.17. The maximum absolute atomic E-state index is 5.56. The molecule has 0 saturated heterocycles. The molecule has 0 spiro atoms. The van der Waals surface area contributed by atoms with E-state index in [4.69, 9.17) is 9.15 Å². The largest absolute Gasteiger partial charge is 0.467 e. The van der Waals surface area contributed by atoms with Gasteiger partial charge in [0, 0.05) is 38.0 Å². The molecule has 8 heteroatoms. The van der Waals surface area contributed by atoms with Crippen LogP contribution in [-0.4, -0.2) is 37.7 Å². The minimum Gasteiger partial charge on any atom is -0.467 e. The third-order valence-electron chi connectivity index (χ3n) is 3.71. The van der Waals surface area contributed by atoms with Crippen molar-refractivity contribution in [1.82, 2.24) is 15.6 Å². The van der Waals surface area contributed by atoms with Crippen molar-refractivity contribution in [3.8, 4) is 0 Å². The highest BCUT2D eigenvalue weighted by Gasteiger charge is 2.06. The van der Waals surface area contributed by atoms with Crippen molar-refractivity contribution in [1.29, 1.82) is 0 Å². The monoisotopic (exact) mass is 492 g/mol. The fraction of sp³-hybridized carbons (Fsp3) is 0.556. The molecule has 0 aromatic carbocycles. The number of rotatable bonds is 10. The van der Waals surface area contributed by atoms with Crippen LogP contribution in [0, 0.1) is 6.92 Å². The molecule has 0 aliphatic carbocycles. The van der Waals surface area contributed by atoms with Crippen LogP contribution in [0.2, 0.25) is 0 Å². The molecule has 2 aromatic heterocycles. The molecule has 146 valence electrons. The van der Waals surface area contributed by atoms with Crippen LogP contribution < -0.4 is 10.6 Å². The zero-order chi connectivity index (χ0) is 17.9. The van der Waals surface area contributed by atoms with Crippen LogP contribution in [0.3, 0.4) is 0 Å². The number of aryl methyl sites for hydroxylation is 2.